The highest BCUT2D eigenvalue weighted by molar-refractivity contribution is 9.10. The average molecular weight is 548 g/mol. The van der Waals surface area contributed by atoms with E-state index in [4.69, 9.17) is 21.7 Å². The Kier molecular flexibility index (Phi) is 10.7. The molecule has 0 spiro atoms. The second-order valence-electron chi connectivity index (χ2n) is 9.25. The van der Waals surface area contributed by atoms with Gasteiger partial charge in [0.15, 0.2) is 5.11 Å². The van der Waals surface area contributed by atoms with Crippen LogP contribution >= 0.6 is 28.1 Å². The summed E-state index contributed by atoms with van der Waals surface area (Å²) in [4.78, 5) is 12.6. The van der Waals surface area contributed by atoms with Gasteiger partial charge in [-0.3, -0.25) is 10.1 Å². The second kappa shape index (κ2) is 13.7. The third kappa shape index (κ3) is 8.91. The van der Waals surface area contributed by atoms with E-state index < -0.39 is 0 Å². The number of benzene rings is 2. The van der Waals surface area contributed by atoms with Crippen molar-refractivity contribution in [1.29, 1.82) is 0 Å². The van der Waals surface area contributed by atoms with Gasteiger partial charge in [0.2, 0.25) is 0 Å². The lowest BCUT2D eigenvalue weighted by atomic mass is 9.87. The fourth-order valence-corrected chi connectivity index (χ4v) is 4.66. The molecule has 1 amide bonds. The predicted molar refractivity (Wildman–Crippen MR) is 146 cm³/mol. The van der Waals surface area contributed by atoms with E-state index in [0.717, 1.165) is 47.0 Å². The Balaban J connectivity index is 1.42. The van der Waals surface area contributed by atoms with Gasteiger partial charge >= 0.3 is 0 Å². The fourth-order valence-electron chi connectivity index (χ4n) is 3.96. The minimum atomic E-state index is -0.283. The monoisotopic (exact) mass is 546 g/mol. The van der Waals surface area contributed by atoms with Gasteiger partial charge in [-0.1, -0.05) is 46.0 Å². The fraction of sp³-hybridized carbons (Fsp3) is 0.481. The zero-order valence-electron chi connectivity index (χ0n) is 20.1. The van der Waals surface area contributed by atoms with Gasteiger partial charge in [-0.05, 0) is 95.3 Å². The predicted octanol–water partition coefficient (Wildman–Crippen LogP) is 7.35. The molecular weight excluding hydrogens is 512 g/mol. The molecule has 0 radical (unpaired) electrons. The van der Waals surface area contributed by atoms with Crippen molar-refractivity contribution in [3.05, 3.63) is 52.5 Å². The van der Waals surface area contributed by atoms with E-state index in [1.54, 1.807) is 18.2 Å². The molecule has 184 valence electrons. The number of ether oxygens (including phenoxy) is 2. The number of carbonyl (C=O) groups excluding carboxylic acids is 1. The van der Waals surface area contributed by atoms with Crippen LogP contribution in [-0.2, 0) is 0 Å². The molecule has 0 bridgehead atoms. The zero-order valence-corrected chi connectivity index (χ0v) is 22.5. The van der Waals surface area contributed by atoms with E-state index in [9.17, 15) is 4.79 Å². The lowest BCUT2D eigenvalue weighted by Crippen LogP contribution is -2.34. The second-order valence-corrected chi connectivity index (χ2v) is 10.5. The Morgan fingerprint density at radius 1 is 1.06 bits per heavy atom. The SMILES string of the molecule is CC(C)CCOc1ccc(C(=O)NC(=S)Nc2ccc(OCCC3CCCCC3)cc2)cc1Br. The van der Waals surface area contributed by atoms with Gasteiger partial charge in [0.25, 0.3) is 5.91 Å². The van der Waals surface area contributed by atoms with E-state index in [-0.39, 0.29) is 11.0 Å². The summed E-state index contributed by atoms with van der Waals surface area (Å²) >= 11 is 8.80. The Morgan fingerprint density at radius 2 is 1.79 bits per heavy atom. The maximum atomic E-state index is 12.6. The quantitative estimate of drug-likeness (QED) is 0.305. The van der Waals surface area contributed by atoms with Crippen LogP contribution in [0.25, 0.3) is 0 Å². The lowest BCUT2D eigenvalue weighted by Gasteiger charge is -2.21. The van der Waals surface area contributed by atoms with Crippen LogP contribution in [0.15, 0.2) is 46.9 Å². The number of thiocarbonyl (C=S) groups is 1. The standard InChI is InChI=1S/C27H35BrN2O3S/c1-19(2)14-16-33-25-13-8-21(18-24(25)28)26(31)30-27(34)29-22-9-11-23(12-10-22)32-17-15-20-6-4-3-5-7-20/h8-13,18-20H,3-7,14-17H2,1-2H3,(H2,29,30,31,34). The Bertz CT molecular complexity index is 943. The maximum Gasteiger partial charge on any atom is 0.257 e. The molecule has 0 atom stereocenters. The molecule has 0 aromatic heterocycles. The molecule has 1 aliphatic carbocycles. The topological polar surface area (TPSA) is 59.6 Å². The molecule has 34 heavy (non-hydrogen) atoms. The van der Waals surface area contributed by atoms with Crippen molar-refractivity contribution in [2.45, 2.75) is 58.8 Å². The molecule has 3 rings (SSSR count). The smallest absolute Gasteiger partial charge is 0.257 e. The van der Waals surface area contributed by atoms with Crippen molar-refractivity contribution in [2.75, 3.05) is 18.5 Å². The van der Waals surface area contributed by atoms with Crippen LogP contribution in [0.1, 0.15) is 69.2 Å². The maximum absolute atomic E-state index is 12.6. The molecule has 0 unspecified atom stereocenters. The summed E-state index contributed by atoms with van der Waals surface area (Å²) in [6.45, 7) is 5.71. The van der Waals surface area contributed by atoms with Gasteiger partial charge in [-0.25, -0.2) is 0 Å². The number of hydrogen-bond donors (Lipinski definition) is 2. The van der Waals surface area contributed by atoms with Gasteiger partial charge in [-0.2, -0.15) is 0 Å². The first kappa shape index (κ1) is 26.5. The first-order valence-electron chi connectivity index (χ1n) is 12.2. The molecule has 2 aromatic rings. The van der Waals surface area contributed by atoms with Crippen molar-refractivity contribution in [1.82, 2.24) is 5.32 Å². The van der Waals surface area contributed by atoms with Crippen LogP contribution < -0.4 is 20.1 Å². The number of hydrogen-bond acceptors (Lipinski definition) is 4. The molecule has 7 heteroatoms. The summed E-state index contributed by atoms with van der Waals surface area (Å²) in [5.74, 6) is 2.67. The van der Waals surface area contributed by atoms with Crippen LogP contribution in [-0.4, -0.2) is 24.2 Å². The summed E-state index contributed by atoms with van der Waals surface area (Å²) in [6.07, 6.45) is 8.86. The lowest BCUT2D eigenvalue weighted by molar-refractivity contribution is 0.0977. The van der Waals surface area contributed by atoms with Crippen LogP contribution in [0.4, 0.5) is 5.69 Å². The summed E-state index contributed by atoms with van der Waals surface area (Å²) in [6, 6.07) is 12.9. The van der Waals surface area contributed by atoms with Crippen molar-refractivity contribution in [3.63, 3.8) is 0 Å². The molecular formula is C27H35BrN2O3S. The normalized spacial score (nSPS) is 14.0. The highest BCUT2D eigenvalue weighted by Gasteiger charge is 2.14. The van der Waals surface area contributed by atoms with E-state index in [1.807, 2.05) is 24.3 Å². The molecule has 2 aromatic carbocycles. The molecule has 0 heterocycles. The summed E-state index contributed by atoms with van der Waals surface area (Å²) in [5.41, 5.74) is 1.29. The molecule has 0 saturated heterocycles. The zero-order chi connectivity index (χ0) is 24.3. The van der Waals surface area contributed by atoms with Gasteiger partial charge in [0.05, 0.1) is 17.7 Å². The summed E-state index contributed by atoms with van der Waals surface area (Å²) in [7, 11) is 0. The van der Waals surface area contributed by atoms with Crippen LogP contribution in [0.5, 0.6) is 11.5 Å². The first-order chi connectivity index (χ1) is 16.4. The van der Waals surface area contributed by atoms with Crippen LogP contribution in [0.3, 0.4) is 0 Å². The van der Waals surface area contributed by atoms with E-state index in [0.29, 0.717) is 18.1 Å². The van der Waals surface area contributed by atoms with Crippen molar-refractivity contribution < 1.29 is 14.3 Å². The van der Waals surface area contributed by atoms with E-state index in [1.165, 1.54) is 32.1 Å². The number of carbonyl (C=O) groups is 1. The molecule has 1 fully saturated rings. The van der Waals surface area contributed by atoms with Gasteiger partial charge in [-0.15, -0.1) is 0 Å². The van der Waals surface area contributed by atoms with Crippen molar-refractivity contribution in [3.8, 4) is 11.5 Å². The van der Waals surface area contributed by atoms with Crippen molar-refractivity contribution >= 4 is 44.9 Å². The van der Waals surface area contributed by atoms with E-state index in [2.05, 4.69) is 40.4 Å². The van der Waals surface area contributed by atoms with Gasteiger partial charge in [0.1, 0.15) is 11.5 Å². The minimum absolute atomic E-state index is 0.240. The molecule has 0 aliphatic heterocycles. The molecule has 2 N–H and O–H groups in total. The summed E-state index contributed by atoms with van der Waals surface area (Å²) < 4.78 is 12.4. The third-order valence-electron chi connectivity index (χ3n) is 6.01. The highest BCUT2D eigenvalue weighted by atomic mass is 79.9. The molecule has 1 saturated carbocycles. The number of halogens is 1. The Morgan fingerprint density at radius 3 is 2.47 bits per heavy atom. The molecule has 5 nitrogen and oxygen atoms in total. The Hall–Kier alpha value is -2.12. The van der Waals surface area contributed by atoms with Crippen LogP contribution in [0.2, 0.25) is 0 Å². The minimum Gasteiger partial charge on any atom is -0.494 e. The average Bonchev–Trinajstić information content (AvgIpc) is 2.81. The number of nitrogens with one attached hydrogen (secondary N) is 2. The number of anilines is 1. The van der Waals surface area contributed by atoms with Gasteiger partial charge < -0.3 is 14.8 Å². The first-order valence-corrected chi connectivity index (χ1v) is 13.4. The summed E-state index contributed by atoms with van der Waals surface area (Å²) in [5, 5.41) is 6.01. The number of amides is 1. The van der Waals surface area contributed by atoms with Gasteiger partial charge in [0, 0.05) is 11.3 Å². The number of rotatable bonds is 10. The third-order valence-corrected chi connectivity index (χ3v) is 6.83. The molecule has 1 aliphatic rings. The Labute approximate surface area is 217 Å². The van der Waals surface area contributed by atoms with Crippen molar-refractivity contribution in [2.24, 2.45) is 11.8 Å². The highest BCUT2D eigenvalue weighted by Crippen LogP contribution is 2.27. The largest absolute Gasteiger partial charge is 0.494 e. The van der Waals surface area contributed by atoms with E-state index >= 15 is 0 Å². The van der Waals surface area contributed by atoms with Crippen LogP contribution in [0, 0.1) is 11.8 Å².